The third kappa shape index (κ3) is 5.82. The third-order valence-electron chi connectivity index (χ3n) is 6.32. The van der Waals surface area contributed by atoms with Gasteiger partial charge in [0.1, 0.15) is 35.7 Å². The van der Waals surface area contributed by atoms with Crippen molar-refractivity contribution >= 4 is 6.08 Å². The van der Waals surface area contributed by atoms with E-state index in [9.17, 15) is 18.3 Å². The summed E-state index contributed by atoms with van der Waals surface area (Å²) >= 11 is 0. The van der Waals surface area contributed by atoms with Gasteiger partial charge in [-0.05, 0) is 36.6 Å². The lowest BCUT2D eigenvalue weighted by Crippen LogP contribution is -2.42. The second-order valence-electron chi connectivity index (χ2n) is 8.89. The van der Waals surface area contributed by atoms with Crippen LogP contribution in [0.4, 0.5) is 13.2 Å². The van der Waals surface area contributed by atoms with Crippen molar-refractivity contribution in [1.29, 1.82) is 5.26 Å². The lowest BCUT2D eigenvalue weighted by atomic mass is 9.77. The Kier molecular flexibility index (Phi) is 7.84. The second-order valence-corrected chi connectivity index (χ2v) is 8.89. The summed E-state index contributed by atoms with van der Waals surface area (Å²) < 4.78 is 55.2. The Balaban J connectivity index is 1.41. The molecule has 0 bridgehead atoms. The maximum Gasteiger partial charge on any atom is 0.177 e. The van der Waals surface area contributed by atoms with Crippen LogP contribution in [0.25, 0.3) is 6.08 Å². The highest BCUT2D eigenvalue weighted by Crippen LogP contribution is 2.37. The molecule has 2 unspecified atom stereocenters. The zero-order valence-electron chi connectivity index (χ0n) is 19.5. The second kappa shape index (κ2) is 11.0. The largest absolute Gasteiger partial charge is 0.383 e. The Morgan fingerprint density at radius 3 is 2.61 bits per heavy atom. The number of halogens is 3. The SMILES string of the molecule is CC(CC1COC(C=Cc2ccc(C#N)cc2F)OC1)C(O)(Cn1cncn1)c1ccc(F)cc1F. The van der Waals surface area contributed by atoms with Crippen LogP contribution in [0.3, 0.4) is 0 Å². The van der Waals surface area contributed by atoms with E-state index in [0.717, 1.165) is 18.2 Å². The Labute approximate surface area is 206 Å². The van der Waals surface area contributed by atoms with Crippen LogP contribution in [0.2, 0.25) is 0 Å². The van der Waals surface area contributed by atoms with Gasteiger partial charge in [-0.2, -0.15) is 10.4 Å². The lowest BCUT2D eigenvalue weighted by molar-refractivity contribution is -0.180. The highest BCUT2D eigenvalue weighted by molar-refractivity contribution is 5.52. The maximum absolute atomic E-state index is 14.7. The summed E-state index contributed by atoms with van der Waals surface area (Å²) in [5, 5.41) is 24.5. The molecule has 1 aliphatic rings. The summed E-state index contributed by atoms with van der Waals surface area (Å²) in [6.07, 6.45) is 5.57. The summed E-state index contributed by atoms with van der Waals surface area (Å²) in [5.41, 5.74) is -1.20. The number of hydrogen-bond acceptors (Lipinski definition) is 6. The first-order valence-corrected chi connectivity index (χ1v) is 11.4. The van der Waals surface area contributed by atoms with E-state index in [-0.39, 0.29) is 23.6 Å². The van der Waals surface area contributed by atoms with Crippen molar-refractivity contribution in [3.63, 3.8) is 0 Å². The van der Waals surface area contributed by atoms with Crippen molar-refractivity contribution in [1.82, 2.24) is 14.8 Å². The van der Waals surface area contributed by atoms with Gasteiger partial charge in [0.25, 0.3) is 0 Å². The van der Waals surface area contributed by atoms with Gasteiger partial charge in [-0.25, -0.2) is 22.8 Å². The quantitative estimate of drug-likeness (QED) is 0.501. The van der Waals surface area contributed by atoms with Crippen LogP contribution in [0, 0.1) is 40.6 Å². The average Bonchev–Trinajstić information content (AvgIpc) is 3.36. The Morgan fingerprint density at radius 2 is 1.97 bits per heavy atom. The molecular weight excluding hydrogens is 473 g/mol. The van der Waals surface area contributed by atoms with Crippen molar-refractivity contribution in [2.24, 2.45) is 11.8 Å². The van der Waals surface area contributed by atoms with Crippen molar-refractivity contribution < 1.29 is 27.8 Å². The van der Waals surface area contributed by atoms with Crippen molar-refractivity contribution in [2.75, 3.05) is 13.2 Å². The number of rotatable bonds is 8. The molecule has 3 aromatic rings. The number of nitrogens with zero attached hydrogens (tertiary/aromatic N) is 4. The fourth-order valence-electron chi connectivity index (χ4n) is 4.32. The normalized spacial score (nSPS) is 20.7. The molecule has 0 aliphatic carbocycles. The molecule has 36 heavy (non-hydrogen) atoms. The van der Waals surface area contributed by atoms with E-state index >= 15 is 0 Å². The minimum absolute atomic E-state index is 0.0326. The Hall–Kier alpha value is -3.52. The summed E-state index contributed by atoms with van der Waals surface area (Å²) in [6.45, 7) is 2.31. The predicted octanol–water partition coefficient (Wildman–Crippen LogP) is 4.18. The van der Waals surface area contributed by atoms with Crippen LogP contribution < -0.4 is 0 Å². The summed E-state index contributed by atoms with van der Waals surface area (Å²) in [6, 6.07) is 9.16. The highest BCUT2D eigenvalue weighted by Gasteiger charge is 2.40. The molecule has 1 N–H and O–H groups in total. The molecule has 10 heteroatoms. The first-order chi connectivity index (χ1) is 17.3. The molecule has 1 aromatic heterocycles. The number of hydrogen-bond donors (Lipinski definition) is 1. The molecule has 1 fully saturated rings. The molecule has 4 rings (SSSR count). The van der Waals surface area contributed by atoms with E-state index in [2.05, 4.69) is 10.1 Å². The zero-order chi connectivity index (χ0) is 25.7. The molecule has 0 radical (unpaired) electrons. The standard InChI is InChI=1S/C26H25F3N4O3/c1-17(26(34,14-33-16-31-15-32-33)22-6-5-21(27)10-24(22)29)8-19-12-35-25(36-13-19)7-4-20-3-2-18(11-30)9-23(20)28/h2-7,9-10,15-17,19,25,34H,8,12-14H2,1H3. The van der Waals surface area contributed by atoms with Gasteiger partial charge < -0.3 is 14.6 Å². The van der Waals surface area contributed by atoms with Crippen LogP contribution in [0.1, 0.15) is 30.0 Å². The lowest BCUT2D eigenvalue weighted by Gasteiger charge is -2.38. The third-order valence-corrected chi connectivity index (χ3v) is 6.32. The minimum atomic E-state index is -1.70. The smallest absolute Gasteiger partial charge is 0.177 e. The van der Waals surface area contributed by atoms with Crippen LogP contribution in [-0.4, -0.2) is 39.4 Å². The van der Waals surface area contributed by atoms with Gasteiger partial charge >= 0.3 is 0 Å². The first kappa shape index (κ1) is 25.6. The van der Waals surface area contributed by atoms with E-state index in [1.807, 2.05) is 6.07 Å². The molecule has 2 atom stereocenters. The Bertz CT molecular complexity index is 1250. The number of benzene rings is 2. The van der Waals surface area contributed by atoms with Gasteiger partial charge in [0.05, 0.1) is 31.4 Å². The van der Waals surface area contributed by atoms with Gasteiger partial charge in [0, 0.05) is 23.1 Å². The van der Waals surface area contributed by atoms with Crippen molar-refractivity contribution in [3.8, 4) is 6.07 Å². The number of nitriles is 1. The molecule has 7 nitrogen and oxygen atoms in total. The van der Waals surface area contributed by atoms with Gasteiger partial charge in [0.15, 0.2) is 6.29 Å². The monoisotopic (exact) mass is 498 g/mol. The number of ether oxygens (including phenoxy) is 2. The fraction of sp³-hybridized carbons (Fsp3) is 0.346. The molecule has 2 heterocycles. The predicted molar refractivity (Wildman–Crippen MR) is 123 cm³/mol. The van der Waals surface area contributed by atoms with Crippen molar-refractivity contribution in [3.05, 3.63) is 89.3 Å². The molecule has 2 aromatic carbocycles. The van der Waals surface area contributed by atoms with Crippen LogP contribution in [0.5, 0.6) is 0 Å². The van der Waals surface area contributed by atoms with Crippen molar-refractivity contribution in [2.45, 2.75) is 31.8 Å². The van der Waals surface area contributed by atoms with Crippen LogP contribution in [-0.2, 0) is 21.6 Å². The number of aromatic nitrogens is 3. The van der Waals surface area contributed by atoms with Gasteiger partial charge in [-0.15, -0.1) is 0 Å². The first-order valence-electron chi connectivity index (χ1n) is 11.4. The summed E-state index contributed by atoms with van der Waals surface area (Å²) in [7, 11) is 0. The van der Waals surface area contributed by atoms with Crippen LogP contribution >= 0.6 is 0 Å². The van der Waals surface area contributed by atoms with E-state index in [0.29, 0.717) is 25.2 Å². The topological polar surface area (TPSA) is 93.2 Å². The fourth-order valence-corrected chi connectivity index (χ4v) is 4.32. The molecular formula is C26H25F3N4O3. The van der Waals surface area contributed by atoms with E-state index in [1.165, 1.54) is 41.6 Å². The van der Waals surface area contributed by atoms with Gasteiger partial charge in [-0.3, -0.25) is 0 Å². The average molecular weight is 499 g/mol. The molecule has 188 valence electrons. The number of aliphatic hydroxyl groups is 1. The summed E-state index contributed by atoms with van der Waals surface area (Å²) in [5.74, 6) is -2.70. The highest BCUT2D eigenvalue weighted by atomic mass is 19.1. The van der Waals surface area contributed by atoms with Gasteiger partial charge in [-0.1, -0.05) is 25.1 Å². The minimum Gasteiger partial charge on any atom is -0.383 e. The molecule has 0 amide bonds. The van der Waals surface area contributed by atoms with E-state index < -0.39 is 35.3 Å². The van der Waals surface area contributed by atoms with E-state index in [4.69, 9.17) is 14.7 Å². The molecule has 0 saturated carbocycles. The molecule has 1 saturated heterocycles. The molecule has 1 aliphatic heterocycles. The van der Waals surface area contributed by atoms with Crippen LogP contribution in [0.15, 0.2) is 55.1 Å². The Morgan fingerprint density at radius 1 is 1.19 bits per heavy atom. The van der Waals surface area contributed by atoms with E-state index in [1.54, 1.807) is 13.0 Å². The zero-order valence-corrected chi connectivity index (χ0v) is 19.5. The van der Waals surface area contributed by atoms with Gasteiger partial charge in [0.2, 0.25) is 0 Å². The maximum atomic E-state index is 14.7. The molecule has 0 spiro atoms. The summed E-state index contributed by atoms with van der Waals surface area (Å²) in [4.78, 5) is 3.88.